The standard InChI is InChI=1S/C15H10BrClN2O2/c1-8-11-6-9(16)2-4-12(11)21-14(8)15(20)19-13-5-3-10(17)7-18-13/h2-7H,1H3,(H,18,19,20). The van der Waals surface area contributed by atoms with Crippen LogP contribution in [0.4, 0.5) is 5.82 Å². The summed E-state index contributed by atoms with van der Waals surface area (Å²) >= 11 is 9.17. The molecule has 0 aliphatic carbocycles. The molecule has 0 saturated carbocycles. The summed E-state index contributed by atoms with van der Waals surface area (Å²) in [4.78, 5) is 16.3. The summed E-state index contributed by atoms with van der Waals surface area (Å²) in [6.07, 6.45) is 1.47. The monoisotopic (exact) mass is 364 g/mol. The van der Waals surface area contributed by atoms with E-state index in [1.54, 1.807) is 12.1 Å². The minimum atomic E-state index is -0.338. The van der Waals surface area contributed by atoms with Crippen LogP contribution >= 0.6 is 27.5 Å². The molecule has 1 N–H and O–H groups in total. The fourth-order valence-electron chi connectivity index (χ4n) is 2.03. The number of aryl methyl sites for hydroxylation is 1. The van der Waals surface area contributed by atoms with E-state index in [2.05, 4.69) is 26.2 Å². The molecular weight excluding hydrogens is 356 g/mol. The van der Waals surface area contributed by atoms with E-state index >= 15 is 0 Å². The zero-order chi connectivity index (χ0) is 15.0. The van der Waals surface area contributed by atoms with Gasteiger partial charge >= 0.3 is 0 Å². The molecule has 1 amide bonds. The van der Waals surface area contributed by atoms with Gasteiger partial charge in [0.05, 0.1) is 5.02 Å². The average molecular weight is 366 g/mol. The van der Waals surface area contributed by atoms with Crippen molar-refractivity contribution in [2.45, 2.75) is 6.92 Å². The molecule has 3 rings (SSSR count). The van der Waals surface area contributed by atoms with E-state index in [4.69, 9.17) is 16.0 Å². The number of anilines is 1. The predicted octanol–water partition coefficient (Wildman–Crippen LogP) is 4.80. The van der Waals surface area contributed by atoms with Crippen LogP contribution < -0.4 is 5.32 Å². The Labute approximate surface area is 134 Å². The second kappa shape index (κ2) is 5.50. The number of carbonyl (C=O) groups excluding carboxylic acids is 1. The Hall–Kier alpha value is -1.85. The lowest BCUT2D eigenvalue weighted by molar-refractivity contribution is 0.0997. The summed E-state index contributed by atoms with van der Waals surface area (Å²) in [7, 11) is 0. The van der Waals surface area contributed by atoms with E-state index < -0.39 is 0 Å². The Morgan fingerprint density at radius 3 is 2.86 bits per heavy atom. The van der Waals surface area contributed by atoms with Gasteiger partial charge in [-0.1, -0.05) is 27.5 Å². The molecule has 0 unspecified atom stereocenters. The highest BCUT2D eigenvalue weighted by Gasteiger charge is 2.18. The summed E-state index contributed by atoms with van der Waals surface area (Å²) in [6.45, 7) is 1.85. The first-order chi connectivity index (χ1) is 10.0. The van der Waals surface area contributed by atoms with Gasteiger partial charge in [-0.05, 0) is 37.3 Å². The molecule has 106 valence electrons. The van der Waals surface area contributed by atoms with Crippen LogP contribution in [-0.2, 0) is 0 Å². The van der Waals surface area contributed by atoms with Gasteiger partial charge in [-0.25, -0.2) is 4.98 Å². The second-order valence-electron chi connectivity index (χ2n) is 4.51. The predicted molar refractivity (Wildman–Crippen MR) is 85.9 cm³/mol. The number of furan rings is 1. The molecule has 2 aromatic heterocycles. The maximum atomic E-state index is 12.3. The van der Waals surface area contributed by atoms with Crippen molar-refractivity contribution in [1.29, 1.82) is 0 Å². The topological polar surface area (TPSA) is 55.1 Å². The van der Waals surface area contributed by atoms with E-state index in [9.17, 15) is 4.79 Å². The molecule has 0 fully saturated rings. The van der Waals surface area contributed by atoms with Crippen molar-refractivity contribution in [3.63, 3.8) is 0 Å². The molecule has 0 saturated heterocycles. The molecule has 0 aliphatic rings. The number of rotatable bonds is 2. The Kier molecular flexibility index (Phi) is 3.69. The van der Waals surface area contributed by atoms with Gasteiger partial charge in [-0.3, -0.25) is 4.79 Å². The Morgan fingerprint density at radius 2 is 2.14 bits per heavy atom. The molecule has 2 heterocycles. The largest absolute Gasteiger partial charge is 0.451 e. The third-order valence-electron chi connectivity index (χ3n) is 3.07. The molecule has 0 atom stereocenters. The summed E-state index contributed by atoms with van der Waals surface area (Å²) in [6, 6.07) is 8.91. The number of amides is 1. The number of aromatic nitrogens is 1. The van der Waals surface area contributed by atoms with Gasteiger partial charge in [0.2, 0.25) is 0 Å². The number of nitrogens with zero attached hydrogens (tertiary/aromatic N) is 1. The molecule has 4 nitrogen and oxygen atoms in total. The van der Waals surface area contributed by atoms with Crippen molar-refractivity contribution in [2.75, 3.05) is 5.32 Å². The maximum Gasteiger partial charge on any atom is 0.292 e. The van der Waals surface area contributed by atoms with Crippen molar-refractivity contribution in [3.8, 4) is 0 Å². The third-order valence-corrected chi connectivity index (χ3v) is 3.79. The van der Waals surface area contributed by atoms with E-state index in [-0.39, 0.29) is 11.7 Å². The van der Waals surface area contributed by atoms with Crippen LogP contribution in [0.5, 0.6) is 0 Å². The minimum absolute atomic E-state index is 0.278. The quantitative estimate of drug-likeness (QED) is 0.709. The van der Waals surface area contributed by atoms with Crippen molar-refractivity contribution < 1.29 is 9.21 Å². The second-order valence-corrected chi connectivity index (χ2v) is 5.86. The number of nitrogens with one attached hydrogen (secondary N) is 1. The van der Waals surface area contributed by atoms with Crippen LogP contribution in [0.25, 0.3) is 11.0 Å². The van der Waals surface area contributed by atoms with Crippen molar-refractivity contribution in [3.05, 3.63) is 57.3 Å². The number of halogens is 2. The highest BCUT2D eigenvalue weighted by Crippen LogP contribution is 2.28. The smallest absolute Gasteiger partial charge is 0.292 e. The van der Waals surface area contributed by atoms with Gasteiger partial charge in [0.15, 0.2) is 5.76 Å². The lowest BCUT2D eigenvalue weighted by atomic mass is 10.1. The van der Waals surface area contributed by atoms with Gasteiger partial charge < -0.3 is 9.73 Å². The van der Waals surface area contributed by atoms with E-state index in [0.717, 1.165) is 15.4 Å². The van der Waals surface area contributed by atoms with Crippen LogP contribution in [0, 0.1) is 6.92 Å². The number of carbonyl (C=O) groups is 1. The van der Waals surface area contributed by atoms with E-state index in [1.165, 1.54) is 6.20 Å². The fourth-order valence-corrected chi connectivity index (χ4v) is 2.51. The molecule has 0 radical (unpaired) electrons. The average Bonchev–Trinajstić information content (AvgIpc) is 2.79. The van der Waals surface area contributed by atoms with Gasteiger partial charge in [0, 0.05) is 21.6 Å². The van der Waals surface area contributed by atoms with Gasteiger partial charge in [-0.2, -0.15) is 0 Å². The summed E-state index contributed by atoms with van der Waals surface area (Å²) in [5.74, 6) is 0.361. The molecule has 6 heteroatoms. The third kappa shape index (κ3) is 2.80. The maximum absolute atomic E-state index is 12.3. The molecule has 0 spiro atoms. The van der Waals surface area contributed by atoms with E-state index in [1.807, 2.05) is 25.1 Å². The van der Waals surface area contributed by atoms with Crippen LogP contribution in [0.2, 0.25) is 5.02 Å². The molecule has 1 aromatic carbocycles. The Morgan fingerprint density at radius 1 is 1.33 bits per heavy atom. The van der Waals surface area contributed by atoms with Gasteiger partial charge in [0.25, 0.3) is 5.91 Å². The van der Waals surface area contributed by atoms with E-state index in [0.29, 0.717) is 16.4 Å². The van der Waals surface area contributed by atoms with Crippen molar-refractivity contribution in [2.24, 2.45) is 0 Å². The molecular formula is C15H10BrClN2O2. The Bertz CT molecular complexity index is 828. The van der Waals surface area contributed by atoms with Gasteiger partial charge in [0.1, 0.15) is 11.4 Å². The number of fused-ring (bicyclic) bond motifs is 1. The van der Waals surface area contributed by atoms with Crippen molar-refractivity contribution in [1.82, 2.24) is 4.98 Å². The molecule has 0 bridgehead atoms. The van der Waals surface area contributed by atoms with Crippen LogP contribution in [0.15, 0.2) is 45.4 Å². The van der Waals surface area contributed by atoms with Crippen molar-refractivity contribution >= 4 is 50.2 Å². The fraction of sp³-hybridized carbons (Fsp3) is 0.0667. The lowest BCUT2D eigenvalue weighted by Crippen LogP contribution is -2.13. The molecule has 0 aliphatic heterocycles. The normalized spacial score (nSPS) is 10.8. The number of hydrogen-bond acceptors (Lipinski definition) is 3. The number of pyridine rings is 1. The van der Waals surface area contributed by atoms with Crippen LogP contribution in [0.1, 0.15) is 16.1 Å². The molecule has 21 heavy (non-hydrogen) atoms. The van der Waals surface area contributed by atoms with Crippen LogP contribution in [0.3, 0.4) is 0 Å². The van der Waals surface area contributed by atoms with Crippen LogP contribution in [-0.4, -0.2) is 10.9 Å². The van der Waals surface area contributed by atoms with Gasteiger partial charge in [-0.15, -0.1) is 0 Å². The zero-order valence-corrected chi connectivity index (χ0v) is 13.3. The zero-order valence-electron chi connectivity index (χ0n) is 11.0. The number of benzene rings is 1. The number of hydrogen-bond donors (Lipinski definition) is 1. The summed E-state index contributed by atoms with van der Waals surface area (Å²) < 4.78 is 6.56. The SMILES string of the molecule is Cc1c(C(=O)Nc2ccc(Cl)cn2)oc2ccc(Br)cc12. The Balaban J connectivity index is 1.94. The first-order valence-electron chi connectivity index (χ1n) is 6.16. The molecule has 3 aromatic rings. The minimum Gasteiger partial charge on any atom is -0.451 e. The lowest BCUT2D eigenvalue weighted by Gasteiger charge is -2.02. The first kappa shape index (κ1) is 14.1. The summed E-state index contributed by atoms with van der Waals surface area (Å²) in [5, 5.41) is 4.10. The highest BCUT2D eigenvalue weighted by molar-refractivity contribution is 9.10. The first-order valence-corrected chi connectivity index (χ1v) is 7.33. The summed E-state index contributed by atoms with van der Waals surface area (Å²) in [5.41, 5.74) is 1.46. The highest BCUT2D eigenvalue weighted by atomic mass is 79.9.